The fraction of sp³-hybridized carbons (Fsp3) is 0.300. The van der Waals surface area contributed by atoms with Crippen molar-refractivity contribution < 1.29 is 14.6 Å². The molecule has 3 heteroatoms. The Morgan fingerprint density at radius 2 is 2.00 bits per heavy atom. The minimum Gasteiger partial charge on any atom is -0.285 e. The summed E-state index contributed by atoms with van der Waals surface area (Å²) in [7, 11) is 0. The molecule has 1 radical (unpaired) electrons. The average molecular weight is 179 g/mol. The molecule has 0 aliphatic carbocycles. The maximum Gasteiger partial charge on any atom is 0.453 e. The first-order valence-corrected chi connectivity index (χ1v) is 4.13. The molecule has 0 spiro atoms. The Bertz CT molecular complexity index is 233. The summed E-state index contributed by atoms with van der Waals surface area (Å²) in [6.07, 6.45) is 1.74. The van der Waals surface area contributed by atoms with Crippen LogP contribution in [0.25, 0.3) is 0 Å². The van der Waals surface area contributed by atoms with Gasteiger partial charge in [-0.25, -0.2) is 4.79 Å². The maximum absolute atomic E-state index is 9.57. The van der Waals surface area contributed by atoms with Crippen LogP contribution in [0.3, 0.4) is 0 Å². The van der Waals surface area contributed by atoms with Crippen molar-refractivity contribution in [3.63, 3.8) is 0 Å². The van der Waals surface area contributed by atoms with E-state index in [4.69, 9.17) is 0 Å². The minimum atomic E-state index is 0.407. The van der Waals surface area contributed by atoms with Crippen LogP contribution in [0.15, 0.2) is 30.3 Å². The summed E-state index contributed by atoms with van der Waals surface area (Å²) < 4.78 is 0. The highest BCUT2D eigenvalue weighted by molar-refractivity contribution is 5.36. The molecule has 0 N–H and O–H groups in total. The second-order valence-electron chi connectivity index (χ2n) is 2.58. The van der Waals surface area contributed by atoms with Gasteiger partial charge in [0.05, 0.1) is 6.61 Å². The summed E-state index contributed by atoms with van der Waals surface area (Å²) in [5.74, 6) is 0. The number of hydrogen-bond acceptors (Lipinski definition) is 3. The predicted molar refractivity (Wildman–Crippen MR) is 47.5 cm³/mol. The van der Waals surface area contributed by atoms with E-state index in [0.29, 0.717) is 6.61 Å². The largest absolute Gasteiger partial charge is 0.453 e. The van der Waals surface area contributed by atoms with Crippen LogP contribution in [0.4, 0.5) is 0 Å². The highest BCUT2D eigenvalue weighted by Crippen LogP contribution is 2.01. The molecule has 1 aromatic rings. The van der Waals surface area contributed by atoms with E-state index < -0.39 is 0 Å². The van der Waals surface area contributed by atoms with Crippen molar-refractivity contribution in [1.29, 1.82) is 0 Å². The third-order valence-corrected chi connectivity index (χ3v) is 1.63. The molecule has 0 unspecified atom stereocenters. The molecule has 13 heavy (non-hydrogen) atoms. The van der Waals surface area contributed by atoms with E-state index >= 15 is 0 Å². The summed E-state index contributed by atoms with van der Waals surface area (Å²) in [4.78, 5) is 18.0. The summed E-state index contributed by atoms with van der Waals surface area (Å²) in [6, 6.07) is 10.1. The first-order chi connectivity index (χ1) is 6.43. The second-order valence-corrected chi connectivity index (χ2v) is 2.58. The molecule has 1 aromatic carbocycles. The molecule has 0 aliphatic heterocycles. The fourth-order valence-corrected chi connectivity index (χ4v) is 1.05. The van der Waals surface area contributed by atoms with Crippen LogP contribution in [-0.2, 0) is 21.0 Å². The SMILES string of the molecule is O=[C]OOCCCc1ccccc1. The highest BCUT2D eigenvalue weighted by atomic mass is 17.2. The van der Waals surface area contributed by atoms with Crippen molar-refractivity contribution >= 4 is 6.47 Å². The lowest BCUT2D eigenvalue weighted by molar-refractivity contribution is -0.222. The van der Waals surface area contributed by atoms with Crippen LogP contribution >= 0.6 is 0 Å². The van der Waals surface area contributed by atoms with Crippen molar-refractivity contribution in [2.24, 2.45) is 0 Å². The van der Waals surface area contributed by atoms with Gasteiger partial charge in [-0.05, 0) is 18.4 Å². The normalized spacial score (nSPS) is 9.54. The Kier molecular flexibility index (Phi) is 4.64. The number of benzene rings is 1. The van der Waals surface area contributed by atoms with E-state index in [1.54, 1.807) is 0 Å². The molecular weight excluding hydrogens is 168 g/mol. The number of carbonyl (C=O) groups excluding carboxylic acids is 1. The van der Waals surface area contributed by atoms with Crippen LogP contribution < -0.4 is 0 Å². The Balaban J connectivity index is 2.10. The van der Waals surface area contributed by atoms with E-state index in [-0.39, 0.29) is 0 Å². The molecule has 0 saturated carbocycles. The van der Waals surface area contributed by atoms with E-state index in [9.17, 15) is 4.79 Å². The standard InChI is InChI=1S/C10H11O3/c11-9-13-12-8-4-7-10-5-2-1-3-6-10/h1-3,5-6H,4,7-8H2. The van der Waals surface area contributed by atoms with E-state index in [2.05, 4.69) is 9.78 Å². The van der Waals surface area contributed by atoms with Gasteiger partial charge in [-0.2, -0.15) is 4.89 Å². The molecule has 0 heterocycles. The van der Waals surface area contributed by atoms with Crippen LogP contribution in [0, 0.1) is 0 Å². The minimum absolute atomic E-state index is 0.407. The molecule has 0 amide bonds. The summed E-state index contributed by atoms with van der Waals surface area (Å²) in [5.41, 5.74) is 1.25. The van der Waals surface area contributed by atoms with E-state index in [1.165, 1.54) is 12.0 Å². The molecule has 0 bridgehead atoms. The molecule has 1 rings (SSSR count). The molecule has 0 fully saturated rings. The molecule has 0 aliphatic rings. The zero-order valence-corrected chi connectivity index (χ0v) is 7.23. The first-order valence-electron chi connectivity index (χ1n) is 4.13. The third kappa shape index (κ3) is 4.28. The molecule has 69 valence electrons. The predicted octanol–water partition coefficient (Wildman–Crippen LogP) is 1.63. The Labute approximate surface area is 77.2 Å². The van der Waals surface area contributed by atoms with Gasteiger partial charge in [0.25, 0.3) is 0 Å². The number of rotatable bonds is 6. The first kappa shape index (κ1) is 9.74. The lowest BCUT2D eigenvalue weighted by Crippen LogP contribution is -1.96. The molecule has 0 atom stereocenters. The quantitative estimate of drug-likeness (QED) is 0.378. The smallest absolute Gasteiger partial charge is 0.285 e. The Morgan fingerprint density at radius 1 is 1.23 bits per heavy atom. The van der Waals surface area contributed by atoms with Gasteiger partial charge in [-0.3, -0.25) is 4.89 Å². The van der Waals surface area contributed by atoms with Crippen LogP contribution in [0.2, 0.25) is 0 Å². The molecular formula is C10H11O3. The van der Waals surface area contributed by atoms with Crippen molar-refractivity contribution in [2.45, 2.75) is 12.8 Å². The van der Waals surface area contributed by atoms with Crippen LogP contribution in [-0.4, -0.2) is 13.1 Å². The highest BCUT2D eigenvalue weighted by Gasteiger charge is 1.92. The monoisotopic (exact) mass is 179 g/mol. The van der Waals surface area contributed by atoms with E-state index in [1.807, 2.05) is 30.3 Å². The zero-order chi connectivity index (χ0) is 9.36. The van der Waals surface area contributed by atoms with Crippen molar-refractivity contribution in [3.8, 4) is 0 Å². The lowest BCUT2D eigenvalue weighted by Gasteiger charge is -1.99. The van der Waals surface area contributed by atoms with Crippen molar-refractivity contribution in [1.82, 2.24) is 0 Å². The van der Waals surface area contributed by atoms with Crippen LogP contribution in [0.5, 0.6) is 0 Å². The summed E-state index contributed by atoms with van der Waals surface area (Å²) in [6.45, 7) is 1.60. The summed E-state index contributed by atoms with van der Waals surface area (Å²) >= 11 is 0. The second kappa shape index (κ2) is 6.20. The molecule has 0 saturated heterocycles. The Morgan fingerprint density at radius 3 is 2.69 bits per heavy atom. The van der Waals surface area contributed by atoms with Crippen molar-refractivity contribution in [2.75, 3.05) is 6.61 Å². The van der Waals surface area contributed by atoms with Gasteiger partial charge in [0.2, 0.25) is 0 Å². The number of hydrogen-bond donors (Lipinski definition) is 0. The topological polar surface area (TPSA) is 35.5 Å². The van der Waals surface area contributed by atoms with Gasteiger partial charge in [0.15, 0.2) is 0 Å². The average Bonchev–Trinajstić information content (AvgIpc) is 2.19. The van der Waals surface area contributed by atoms with Gasteiger partial charge in [-0.1, -0.05) is 30.3 Å². The molecule has 3 nitrogen and oxygen atoms in total. The zero-order valence-electron chi connectivity index (χ0n) is 7.23. The molecule has 0 aromatic heterocycles. The van der Waals surface area contributed by atoms with E-state index in [0.717, 1.165) is 12.8 Å². The third-order valence-electron chi connectivity index (χ3n) is 1.63. The fourth-order valence-electron chi connectivity index (χ4n) is 1.05. The van der Waals surface area contributed by atoms with Crippen molar-refractivity contribution in [3.05, 3.63) is 35.9 Å². The lowest BCUT2D eigenvalue weighted by atomic mass is 10.1. The number of aryl methyl sites for hydroxylation is 1. The maximum atomic E-state index is 9.57. The van der Waals surface area contributed by atoms with Gasteiger partial charge in [0, 0.05) is 0 Å². The summed E-state index contributed by atoms with van der Waals surface area (Å²) in [5, 5.41) is 0. The Hall–Kier alpha value is -1.35. The van der Waals surface area contributed by atoms with Crippen LogP contribution in [0.1, 0.15) is 12.0 Å². The van der Waals surface area contributed by atoms with Gasteiger partial charge >= 0.3 is 6.47 Å². The van der Waals surface area contributed by atoms with Gasteiger partial charge in [-0.15, -0.1) is 0 Å². The van der Waals surface area contributed by atoms with Gasteiger partial charge < -0.3 is 0 Å². The van der Waals surface area contributed by atoms with Gasteiger partial charge in [0.1, 0.15) is 0 Å².